The lowest BCUT2D eigenvalue weighted by Gasteiger charge is -2.25. The lowest BCUT2D eigenvalue weighted by molar-refractivity contribution is -0.134. The van der Waals surface area contributed by atoms with Crippen molar-refractivity contribution in [3.8, 4) is 11.5 Å². The third-order valence-electron chi connectivity index (χ3n) is 6.71. The number of fused-ring (bicyclic) bond motifs is 1. The van der Waals surface area contributed by atoms with Crippen molar-refractivity contribution in [3.63, 3.8) is 0 Å². The van der Waals surface area contributed by atoms with Gasteiger partial charge in [-0.3, -0.25) is 9.59 Å². The highest BCUT2D eigenvalue weighted by Crippen LogP contribution is 2.32. The van der Waals surface area contributed by atoms with Gasteiger partial charge >= 0.3 is 0 Å². The highest BCUT2D eigenvalue weighted by atomic mass is 16.3. The van der Waals surface area contributed by atoms with Crippen molar-refractivity contribution in [2.24, 2.45) is 5.92 Å². The van der Waals surface area contributed by atoms with Gasteiger partial charge in [-0.1, -0.05) is 12.1 Å². The van der Waals surface area contributed by atoms with E-state index in [0.717, 1.165) is 61.9 Å². The van der Waals surface area contributed by atoms with Gasteiger partial charge in [0.15, 0.2) is 5.58 Å². The molecular formula is C25H27N3O3. The van der Waals surface area contributed by atoms with Crippen LogP contribution in [0.2, 0.25) is 0 Å². The molecular weight excluding hydrogens is 390 g/mol. The van der Waals surface area contributed by atoms with Crippen molar-refractivity contribution in [2.75, 3.05) is 20.1 Å². The first kappa shape index (κ1) is 19.8. The van der Waals surface area contributed by atoms with Crippen LogP contribution >= 0.6 is 0 Å². The van der Waals surface area contributed by atoms with Gasteiger partial charge in [0, 0.05) is 43.2 Å². The molecule has 1 saturated heterocycles. The number of likely N-dealkylation sites (tertiary alicyclic amines) is 1. The van der Waals surface area contributed by atoms with Gasteiger partial charge in [0.1, 0.15) is 5.52 Å². The summed E-state index contributed by atoms with van der Waals surface area (Å²) in [5.41, 5.74) is 3.04. The van der Waals surface area contributed by atoms with E-state index >= 15 is 0 Å². The van der Waals surface area contributed by atoms with E-state index in [1.807, 2.05) is 65.4 Å². The summed E-state index contributed by atoms with van der Waals surface area (Å²) in [7, 11) is 1.85. The molecule has 0 spiro atoms. The van der Waals surface area contributed by atoms with Gasteiger partial charge in [-0.2, -0.15) is 0 Å². The quantitative estimate of drug-likeness (QED) is 0.633. The molecule has 2 aromatic carbocycles. The van der Waals surface area contributed by atoms with Gasteiger partial charge in [-0.05, 0) is 68.5 Å². The summed E-state index contributed by atoms with van der Waals surface area (Å²) in [6.45, 7) is 1.78. The fraction of sp³-hybridized carbons (Fsp3) is 0.400. The monoisotopic (exact) mass is 417 g/mol. The van der Waals surface area contributed by atoms with Crippen LogP contribution in [0.3, 0.4) is 0 Å². The molecule has 0 N–H and O–H groups in total. The second-order valence-corrected chi connectivity index (χ2v) is 8.68. The zero-order chi connectivity index (χ0) is 21.4. The summed E-state index contributed by atoms with van der Waals surface area (Å²) < 4.78 is 5.82. The molecule has 6 heteroatoms. The molecule has 160 valence electrons. The minimum atomic E-state index is -0.0108. The van der Waals surface area contributed by atoms with Crippen LogP contribution in [-0.4, -0.2) is 52.8 Å². The number of aromatic nitrogens is 1. The fourth-order valence-corrected chi connectivity index (χ4v) is 4.85. The van der Waals surface area contributed by atoms with Crippen LogP contribution in [0.5, 0.6) is 0 Å². The standard InChI is InChI=1S/C25H27N3O3/c1-27(20-13-12-19(16-20)25(30)28-14-4-5-15-28)24(29)18-10-8-17(9-11-18)23-26-21-6-2-3-7-22(21)31-23/h2-3,6-11,19-20H,4-5,12-16H2,1H3. The van der Waals surface area contributed by atoms with E-state index in [0.29, 0.717) is 11.5 Å². The number of hydrogen-bond acceptors (Lipinski definition) is 4. The Morgan fingerprint density at radius 2 is 1.77 bits per heavy atom. The highest BCUT2D eigenvalue weighted by Gasteiger charge is 2.36. The largest absolute Gasteiger partial charge is 0.436 e. The predicted octanol–water partition coefficient (Wildman–Crippen LogP) is 4.36. The average Bonchev–Trinajstić information content (AvgIpc) is 3.58. The van der Waals surface area contributed by atoms with Crippen molar-refractivity contribution in [1.29, 1.82) is 0 Å². The van der Waals surface area contributed by atoms with E-state index in [1.165, 1.54) is 0 Å². The highest BCUT2D eigenvalue weighted by molar-refractivity contribution is 5.95. The van der Waals surface area contributed by atoms with Crippen molar-refractivity contribution in [1.82, 2.24) is 14.8 Å². The molecule has 2 amide bonds. The number of para-hydroxylation sites is 2. The van der Waals surface area contributed by atoms with Gasteiger partial charge in [0.2, 0.25) is 11.8 Å². The minimum absolute atomic E-state index is 0.0108. The van der Waals surface area contributed by atoms with Crippen molar-refractivity contribution >= 4 is 22.9 Å². The van der Waals surface area contributed by atoms with Gasteiger partial charge in [-0.25, -0.2) is 4.98 Å². The first-order valence-electron chi connectivity index (χ1n) is 11.1. The molecule has 2 unspecified atom stereocenters. The maximum atomic E-state index is 13.0. The molecule has 1 aromatic heterocycles. The van der Waals surface area contributed by atoms with Gasteiger partial charge in [0.05, 0.1) is 0 Å². The van der Waals surface area contributed by atoms with Crippen LogP contribution in [0.1, 0.15) is 42.5 Å². The summed E-state index contributed by atoms with van der Waals surface area (Å²) in [4.78, 5) is 34.1. The Morgan fingerprint density at radius 3 is 2.52 bits per heavy atom. The fourth-order valence-electron chi connectivity index (χ4n) is 4.85. The molecule has 6 nitrogen and oxygen atoms in total. The zero-order valence-electron chi connectivity index (χ0n) is 17.8. The number of nitrogens with zero attached hydrogens (tertiary/aromatic N) is 3. The molecule has 1 aliphatic heterocycles. The Morgan fingerprint density at radius 1 is 1.03 bits per heavy atom. The number of carbonyl (C=O) groups excluding carboxylic acids is 2. The molecule has 1 saturated carbocycles. The molecule has 2 heterocycles. The summed E-state index contributed by atoms with van der Waals surface area (Å²) in [6.07, 6.45) is 4.74. The Kier molecular flexibility index (Phi) is 5.22. The van der Waals surface area contributed by atoms with Crippen LogP contribution in [0.15, 0.2) is 52.9 Å². The summed E-state index contributed by atoms with van der Waals surface area (Å²) in [5, 5.41) is 0. The Hall–Kier alpha value is -3.15. The number of oxazole rings is 1. The van der Waals surface area contributed by atoms with Crippen LogP contribution in [0.4, 0.5) is 0 Å². The van der Waals surface area contributed by atoms with E-state index in [9.17, 15) is 9.59 Å². The van der Waals surface area contributed by atoms with E-state index in [4.69, 9.17) is 4.42 Å². The summed E-state index contributed by atoms with van der Waals surface area (Å²) >= 11 is 0. The minimum Gasteiger partial charge on any atom is -0.436 e. The number of amides is 2. The van der Waals surface area contributed by atoms with Crippen molar-refractivity contribution in [2.45, 2.75) is 38.1 Å². The second-order valence-electron chi connectivity index (χ2n) is 8.68. The van der Waals surface area contributed by atoms with E-state index in [-0.39, 0.29) is 23.8 Å². The van der Waals surface area contributed by atoms with Crippen LogP contribution in [0.25, 0.3) is 22.6 Å². The number of benzene rings is 2. The molecule has 0 radical (unpaired) electrons. The third kappa shape index (κ3) is 3.82. The molecule has 2 aliphatic rings. The van der Waals surface area contributed by atoms with Gasteiger partial charge < -0.3 is 14.2 Å². The Bertz CT molecular complexity index is 1070. The topological polar surface area (TPSA) is 66.7 Å². The maximum Gasteiger partial charge on any atom is 0.253 e. The molecule has 2 fully saturated rings. The number of rotatable bonds is 4. The average molecular weight is 418 g/mol. The molecule has 0 bridgehead atoms. The van der Waals surface area contributed by atoms with E-state index in [2.05, 4.69) is 4.98 Å². The van der Waals surface area contributed by atoms with Crippen molar-refractivity contribution < 1.29 is 14.0 Å². The predicted molar refractivity (Wildman–Crippen MR) is 118 cm³/mol. The molecule has 5 rings (SSSR count). The Labute approximate surface area is 181 Å². The first-order valence-corrected chi connectivity index (χ1v) is 11.1. The lowest BCUT2D eigenvalue weighted by atomic mass is 10.1. The van der Waals surface area contributed by atoms with Gasteiger partial charge in [-0.15, -0.1) is 0 Å². The number of carbonyl (C=O) groups is 2. The van der Waals surface area contributed by atoms with Crippen LogP contribution < -0.4 is 0 Å². The molecule has 1 aliphatic carbocycles. The van der Waals surface area contributed by atoms with E-state index < -0.39 is 0 Å². The van der Waals surface area contributed by atoms with Crippen LogP contribution in [-0.2, 0) is 4.79 Å². The second kappa shape index (κ2) is 8.17. The third-order valence-corrected chi connectivity index (χ3v) is 6.71. The maximum absolute atomic E-state index is 13.0. The summed E-state index contributed by atoms with van der Waals surface area (Å²) in [5.74, 6) is 0.874. The lowest BCUT2D eigenvalue weighted by Crippen LogP contribution is -2.37. The summed E-state index contributed by atoms with van der Waals surface area (Å²) in [6, 6.07) is 15.2. The number of hydrogen-bond donors (Lipinski definition) is 0. The Balaban J connectivity index is 1.25. The molecule has 2 atom stereocenters. The smallest absolute Gasteiger partial charge is 0.253 e. The first-order chi connectivity index (χ1) is 15.1. The van der Waals surface area contributed by atoms with Gasteiger partial charge in [0.25, 0.3) is 5.91 Å². The van der Waals surface area contributed by atoms with Crippen molar-refractivity contribution in [3.05, 3.63) is 54.1 Å². The normalized spacial score (nSPS) is 21.0. The van der Waals surface area contributed by atoms with Crippen LogP contribution in [0, 0.1) is 5.92 Å². The van der Waals surface area contributed by atoms with E-state index in [1.54, 1.807) is 0 Å². The molecule has 3 aromatic rings. The molecule has 31 heavy (non-hydrogen) atoms. The SMILES string of the molecule is CN(C(=O)c1ccc(-c2nc3ccccc3o2)cc1)C1CCC(C(=O)N2CCCC2)C1. The zero-order valence-corrected chi connectivity index (χ0v) is 17.8.